The average Bonchev–Trinajstić information content (AvgIpc) is 2.44. The number of nitrogens with zero attached hydrogens (tertiary/aromatic N) is 1. The molecule has 0 aliphatic carbocycles. The SMILES string of the molecule is COP(=O)(OC)OC(=CCl)c1cc(Cl)ccc1[N+](=O)[O-]. The predicted octanol–water partition coefficient (Wildman–Crippen LogP) is 4.20. The molecule has 0 bridgehead atoms. The Hall–Kier alpha value is -1.11. The van der Waals surface area contributed by atoms with E-state index in [1.807, 2.05) is 0 Å². The van der Waals surface area contributed by atoms with Gasteiger partial charge in [-0.2, -0.15) is 0 Å². The molecule has 0 amide bonds. The minimum atomic E-state index is -3.90. The van der Waals surface area contributed by atoms with E-state index in [1.54, 1.807) is 0 Å². The predicted molar refractivity (Wildman–Crippen MR) is 74.6 cm³/mol. The zero-order chi connectivity index (χ0) is 15.3. The Bertz CT molecular complexity index is 583. The largest absolute Gasteiger partial charge is 0.529 e. The van der Waals surface area contributed by atoms with Gasteiger partial charge in [-0.05, 0) is 12.1 Å². The molecule has 0 saturated carbocycles. The maximum atomic E-state index is 11.9. The van der Waals surface area contributed by atoms with Gasteiger partial charge in [-0.15, -0.1) is 0 Å². The summed E-state index contributed by atoms with van der Waals surface area (Å²) in [5, 5.41) is 11.2. The van der Waals surface area contributed by atoms with Crippen LogP contribution in [0.4, 0.5) is 5.69 Å². The van der Waals surface area contributed by atoms with Crippen molar-refractivity contribution in [1.29, 1.82) is 0 Å². The molecule has 0 aliphatic rings. The molecule has 110 valence electrons. The van der Waals surface area contributed by atoms with Crippen LogP contribution in [0.1, 0.15) is 5.56 Å². The standard InChI is InChI=1S/C10H10Cl2NO6P/c1-17-20(16,18-2)19-10(6-11)8-5-7(12)3-4-9(8)13(14)15/h3-6H,1-2H3. The summed E-state index contributed by atoms with van der Waals surface area (Å²) >= 11 is 11.3. The Morgan fingerprint density at radius 2 is 2.00 bits per heavy atom. The fraction of sp³-hybridized carbons (Fsp3) is 0.200. The van der Waals surface area contributed by atoms with E-state index < -0.39 is 12.7 Å². The quantitative estimate of drug-likeness (QED) is 0.333. The molecule has 20 heavy (non-hydrogen) atoms. The monoisotopic (exact) mass is 341 g/mol. The van der Waals surface area contributed by atoms with Crippen LogP contribution >= 0.6 is 31.0 Å². The molecule has 1 aromatic carbocycles. The first-order valence-corrected chi connectivity index (χ1v) is 7.30. The fourth-order valence-corrected chi connectivity index (χ4v) is 2.35. The first kappa shape index (κ1) is 16.9. The second-order valence-electron chi connectivity index (χ2n) is 3.30. The average molecular weight is 342 g/mol. The molecule has 1 rings (SSSR count). The summed E-state index contributed by atoms with van der Waals surface area (Å²) in [5.41, 5.74) is 0.510. The Balaban J connectivity index is 3.30. The Labute approximate surface area is 124 Å². The smallest absolute Gasteiger partial charge is 0.402 e. The molecular weight excluding hydrogens is 332 g/mol. The summed E-state index contributed by atoms with van der Waals surface area (Å²) in [6.07, 6.45) is 0. The summed E-state index contributed by atoms with van der Waals surface area (Å²) in [6.45, 7) is 0. The van der Waals surface area contributed by atoms with Crippen molar-refractivity contribution in [2.24, 2.45) is 0 Å². The van der Waals surface area contributed by atoms with E-state index in [4.69, 9.17) is 27.7 Å². The molecular formula is C10H10Cl2NO6P. The lowest BCUT2D eigenvalue weighted by Gasteiger charge is -2.16. The van der Waals surface area contributed by atoms with Gasteiger partial charge in [-0.25, -0.2) is 4.57 Å². The van der Waals surface area contributed by atoms with Crippen molar-refractivity contribution >= 4 is 42.5 Å². The first-order chi connectivity index (χ1) is 9.36. The van der Waals surface area contributed by atoms with Gasteiger partial charge in [0.05, 0.1) is 10.5 Å². The van der Waals surface area contributed by atoms with Crippen molar-refractivity contribution in [1.82, 2.24) is 0 Å². The second-order valence-corrected chi connectivity index (χ2v) is 5.76. The number of nitro groups is 1. The Morgan fingerprint density at radius 3 is 2.45 bits per heavy atom. The van der Waals surface area contributed by atoms with Gasteiger partial charge in [0.25, 0.3) is 5.69 Å². The molecule has 0 aliphatic heterocycles. The van der Waals surface area contributed by atoms with Crippen molar-refractivity contribution in [2.45, 2.75) is 0 Å². The number of rotatable bonds is 6. The van der Waals surface area contributed by atoms with Crippen LogP contribution in [0.5, 0.6) is 0 Å². The topological polar surface area (TPSA) is 87.9 Å². The molecule has 0 aromatic heterocycles. The van der Waals surface area contributed by atoms with Crippen LogP contribution in [0, 0.1) is 10.1 Å². The lowest BCUT2D eigenvalue weighted by Crippen LogP contribution is -1.99. The van der Waals surface area contributed by atoms with E-state index in [0.717, 1.165) is 19.8 Å². The molecule has 0 atom stereocenters. The van der Waals surface area contributed by atoms with E-state index in [1.165, 1.54) is 18.2 Å². The van der Waals surface area contributed by atoms with Gasteiger partial charge in [0.15, 0.2) is 5.76 Å². The molecule has 0 heterocycles. The van der Waals surface area contributed by atoms with E-state index in [0.29, 0.717) is 0 Å². The van der Waals surface area contributed by atoms with Gasteiger partial charge in [-0.3, -0.25) is 19.2 Å². The van der Waals surface area contributed by atoms with Gasteiger partial charge in [-0.1, -0.05) is 23.2 Å². The lowest BCUT2D eigenvalue weighted by molar-refractivity contribution is -0.385. The van der Waals surface area contributed by atoms with Crippen LogP contribution in [0.3, 0.4) is 0 Å². The third-order valence-corrected chi connectivity index (χ3v) is 3.93. The van der Waals surface area contributed by atoms with Crippen molar-refractivity contribution < 1.29 is 23.1 Å². The van der Waals surface area contributed by atoms with E-state index in [2.05, 4.69) is 9.05 Å². The van der Waals surface area contributed by atoms with Crippen molar-refractivity contribution in [3.63, 3.8) is 0 Å². The van der Waals surface area contributed by atoms with Crippen molar-refractivity contribution in [2.75, 3.05) is 14.2 Å². The summed E-state index contributed by atoms with van der Waals surface area (Å²) < 4.78 is 26.0. The number of hydrogen-bond donors (Lipinski definition) is 0. The third kappa shape index (κ3) is 3.94. The van der Waals surface area contributed by atoms with Gasteiger partial charge < -0.3 is 4.52 Å². The maximum Gasteiger partial charge on any atom is 0.529 e. The maximum absolute atomic E-state index is 11.9. The van der Waals surface area contributed by atoms with Crippen LogP contribution in [-0.4, -0.2) is 19.1 Å². The highest BCUT2D eigenvalue weighted by atomic mass is 35.5. The number of hydrogen-bond acceptors (Lipinski definition) is 6. The van der Waals surface area contributed by atoms with Crippen LogP contribution in [0.25, 0.3) is 5.76 Å². The summed E-state index contributed by atoms with van der Waals surface area (Å²) in [7, 11) is -1.70. The molecule has 0 N–H and O–H groups in total. The summed E-state index contributed by atoms with van der Waals surface area (Å²) in [6, 6.07) is 3.76. The Kier molecular flexibility index (Phi) is 5.98. The number of benzene rings is 1. The summed E-state index contributed by atoms with van der Waals surface area (Å²) in [4.78, 5) is 10.3. The number of phosphoric acid groups is 1. The highest BCUT2D eigenvalue weighted by molar-refractivity contribution is 7.48. The Morgan fingerprint density at radius 1 is 1.40 bits per heavy atom. The summed E-state index contributed by atoms with van der Waals surface area (Å²) in [5.74, 6) is -0.257. The lowest BCUT2D eigenvalue weighted by atomic mass is 10.1. The van der Waals surface area contributed by atoms with Crippen molar-refractivity contribution in [3.05, 3.63) is 44.4 Å². The molecule has 1 aromatic rings. The number of phosphoric ester groups is 1. The van der Waals surface area contributed by atoms with Crippen LogP contribution < -0.4 is 0 Å². The molecule has 0 unspecified atom stereocenters. The minimum absolute atomic E-state index is 0.0492. The van der Waals surface area contributed by atoms with Crippen LogP contribution in [0.2, 0.25) is 5.02 Å². The third-order valence-electron chi connectivity index (χ3n) is 2.18. The molecule has 0 radical (unpaired) electrons. The zero-order valence-electron chi connectivity index (χ0n) is 10.4. The molecule has 0 fully saturated rings. The van der Waals surface area contributed by atoms with Gasteiger partial charge in [0.2, 0.25) is 0 Å². The fourth-order valence-electron chi connectivity index (χ4n) is 1.26. The molecule has 7 nitrogen and oxygen atoms in total. The highest BCUT2D eigenvalue weighted by Crippen LogP contribution is 2.52. The molecule has 0 spiro atoms. The molecule has 10 heteroatoms. The van der Waals surface area contributed by atoms with E-state index in [-0.39, 0.29) is 22.0 Å². The minimum Gasteiger partial charge on any atom is -0.402 e. The van der Waals surface area contributed by atoms with Gasteiger partial charge in [0.1, 0.15) is 0 Å². The van der Waals surface area contributed by atoms with Crippen LogP contribution in [0.15, 0.2) is 23.7 Å². The normalized spacial score (nSPS) is 12.3. The van der Waals surface area contributed by atoms with E-state index >= 15 is 0 Å². The van der Waals surface area contributed by atoms with Crippen LogP contribution in [-0.2, 0) is 18.1 Å². The highest BCUT2D eigenvalue weighted by Gasteiger charge is 2.29. The molecule has 0 saturated heterocycles. The second kappa shape index (κ2) is 7.06. The van der Waals surface area contributed by atoms with Crippen molar-refractivity contribution in [3.8, 4) is 0 Å². The van der Waals surface area contributed by atoms with Gasteiger partial charge in [0, 0.05) is 30.8 Å². The van der Waals surface area contributed by atoms with Gasteiger partial charge >= 0.3 is 7.82 Å². The zero-order valence-corrected chi connectivity index (χ0v) is 12.8. The number of halogens is 2. The van der Waals surface area contributed by atoms with E-state index in [9.17, 15) is 14.7 Å². The number of nitro benzene ring substituents is 1. The first-order valence-electron chi connectivity index (χ1n) is 5.02.